The van der Waals surface area contributed by atoms with Gasteiger partial charge in [-0.25, -0.2) is 4.98 Å². The number of ether oxygens (including phenoxy) is 2. The van der Waals surface area contributed by atoms with Gasteiger partial charge in [0.1, 0.15) is 11.0 Å². The van der Waals surface area contributed by atoms with Crippen LogP contribution in [0.3, 0.4) is 0 Å². The molecule has 112 valence electrons. The van der Waals surface area contributed by atoms with Crippen molar-refractivity contribution in [1.29, 1.82) is 0 Å². The third kappa shape index (κ3) is 3.68. The van der Waals surface area contributed by atoms with Crippen molar-refractivity contribution < 1.29 is 14.3 Å². The predicted octanol–water partition coefficient (Wildman–Crippen LogP) is 2.79. The maximum Gasteiger partial charge on any atom is 0.318 e. The molecule has 1 aromatic carbocycles. The first-order valence-electron chi connectivity index (χ1n) is 6.06. The molecule has 21 heavy (non-hydrogen) atoms. The van der Waals surface area contributed by atoms with Gasteiger partial charge < -0.3 is 9.47 Å². The molecule has 1 aromatic heterocycles. The van der Waals surface area contributed by atoms with Gasteiger partial charge in [-0.2, -0.15) is 0 Å². The van der Waals surface area contributed by atoms with Crippen LogP contribution in [0.15, 0.2) is 23.4 Å². The van der Waals surface area contributed by atoms with Crippen molar-refractivity contribution in [3.8, 4) is 17.1 Å². The van der Waals surface area contributed by atoms with Gasteiger partial charge in [-0.3, -0.25) is 9.89 Å². The Bertz CT molecular complexity index is 647. The molecule has 0 bridgehead atoms. The average molecular weight is 328 g/mol. The SMILES string of the molecule is COC(=O)[C@@H](C)Sc1n[nH]c(-c2cc(Cl)ccc2OC)n1. The molecule has 0 aliphatic carbocycles. The van der Waals surface area contributed by atoms with Crippen LogP contribution in [0, 0.1) is 0 Å². The fraction of sp³-hybridized carbons (Fsp3) is 0.308. The maximum absolute atomic E-state index is 11.4. The minimum atomic E-state index is -0.389. The van der Waals surface area contributed by atoms with E-state index in [1.165, 1.54) is 18.9 Å². The van der Waals surface area contributed by atoms with Gasteiger partial charge in [0.2, 0.25) is 5.16 Å². The van der Waals surface area contributed by atoms with Crippen LogP contribution in [0.2, 0.25) is 5.02 Å². The van der Waals surface area contributed by atoms with Crippen LogP contribution >= 0.6 is 23.4 Å². The molecular weight excluding hydrogens is 314 g/mol. The molecule has 1 atom stereocenters. The summed E-state index contributed by atoms with van der Waals surface area (Å²) in [5.74, 6) is 0.828. The van der Waals surface area contributed by atoms with E-state index in [9.17, 15) is 4.79 Å². The molecule has 1 N–H and O–H groups in total. The van der Waals surface area contributed by atoms with E-state index in [1.54, 1.807) is 32.2 Å². The number of carbonyl (C=O) groups excluding carboxylic acids is 1. The fourth-order valence-corrected chi connectivity index (χ4v) is 2.58. The number of aromatic nitrogens is 3. The summed E-state index contributed by atoms with van der Waals surface area (Å²) in [6, 6.07) is 5.22. The van der Waals surface area contributed by atoms with Crippen LogP contribution in [0.1, 0.15) is 6.92 Å². The average Bonchev–Trinajstić information content (AvgIpc) is 2.94. The summed E-state index contributed by atoms with van der Waals surface area (Å²) < 4.78 is 9.94. The number of esters is 1. The van der Waals surface area contributed by atoms with E-state index < -0.39 is 0 Å². The Morgan fingerprint density at radius 3 is 2.86 bits per heavy atom. The van der Waals surface area contributed by atoms with Crippen LogP contribution in [-0.2, 0) is 9.53 Å². The Kier molecular flexibility index (Phi) is 5.08. The number of H-pyrrole nitrogens is 1. The van der Waals surface area contributed by atoms with Crippen LogP contribution in [0.25, 0.3) is 11.4 Å². The number of hydrogen-bond donors (Lipinski definition) is 1. The molecule has 0 saturated carbocycles. The number of nitrogens with one attached hydrogen (secondary N) is 1. The van der Waals surface area contributed by atoms with Gasteiger partial charge in [0.05, 0.1) is 19.8 Å². The Morgan fingerprint density at radius 2 is 2.19 bits per heavy atom. The second-order valence-corrected chi connectivity index (χ2v) is 5.84. The molecule has 0 spiro atoms. The van der Waals surface area contributed by atoms with Crippen molar-refractivity contribution in [3.63, 3.8) is 0 Å². The van der Waals surface area contributed by atoms with Crippen LogP contribution in [-0.4, -0.2) is 40.6 Å². The molecule has 0 aliphatic rings. The van der Waals surface area contributed by atoms with E-state index in [-0.39, 0.29) is 11.2 Å². The minimum Gasteiger partial charge on any atom is -0.496 e. The Hall–Kier alpha value is -1.73. The molecule has 1 heterocycles. The highest BCUT2D eigenvalue weighted by molar-refractivity contribution is 8.00. The molecule has 0 saturated heterocycles. The molecule has 0 radical (unpaired) electrons. The van der Waals surface area contributed by atoms with Crippen LogP contribution in [0.4, 0.5) is 0 Å². The second kappa shape index (κ2) is 6.82. The molecule has 0 unspecified atom stereocenters. The highest BCUT2D eigenvalue weighted by atomic mass is 35.5. The van der Waals surface area contributed by atoms with E-state index in [0.717, 1.165) is 0 Å². The number of rotatable bonds is 5. The maximum atomic E-state index is 11.4. The van der Waals surface area contributed by atoms with E-state index >= 15 is 0 Å². The number of methoxy groups -OCH3 is 2. The largest absolute Gasteiger partial charge is 0.496 e. The zero-order valence-electron chi connectivity index (χ0n) is 11.7. The minimum absolute atomic E-state index is 0.327. The highest BCUT2D eigenvalue weighted by Crippen LogP contribution is 2.31. The summed E-state index contributed by atoms with van der Waals surface area (Å²) in [5, 5.41) is 7.52. The van der Waals surface area contributed by atoms with E-state index in [2.05, 4.69) is 19.9 Å². The van der Waals surface area contributed by atoms with E-state index in [1.807, 2.05) is 0 Å². The monoisotopic (exact) mass is 327 g/mol. The molecular formula is C13H14ClN3O3S. The normalized spacial score (nSPS) is 12.0. The molecule has 2 rings (SSSR count). The first kappa shape index (κ1) is 15.7. The van der Waals surface area contributed by atoms with Crippen LogP contribution in [0.5, 0.6) is 5.75 Å². The third-order valence-electron chi connectivity index (χ3n) is 2.70. The van der Waals surface area contributed by atoms with Crippen molar-refractivity contribution in [3.05, 3.63) is 23.2 Å². The summed E-state index contributed by atoms with van der Waals surface area (Å²) >= 11 is 7.20. The highest BCUT2D eigenvalue weighted by Gasteiger charge is 2.18. The number of aromatic amines is 1. The lowest BCUT2D eigenvalue weighted by molar-refractivity contribution is -0.139. The van der Waals surface area contributed by atoms with Crippen molar-refractivity contribution in [2.24, 2.45) is 0 Å². The van der Waals surface area contributed by atoms with Gasteiger partial charge in [-0.05, 0) is 25.1 Å². The van der Waals surface area contributed by atoms with Gasteiger partial charge in [0.25, 0.3) is 0 Å². The van der Waals surface area contributed by atoms with Crippen molar-refractivity contribution in [2.45, 2.75) is 17.3 Å². The van der Waals surface area contributed by atoms with Gasteiger partial charge in [-0.1, -0.05) is 23.4 Å². The van der Waals surface area contributed by atoms with Gasteiger partial charge in [0, 0.05) is 5.02 Å². The predicted molar refractivity (Wildman–Crippen MR) is 80.7 cm³/mol. The van der Waals surface area contributed by atoms with Gasteiger partial charge in [-0.15, -0.1) is 5.10 Å². The Balaban J connectivity index is 2.24. The molecule has 0 fully saturated rings. The number of nitrogens with zero attached hydrogens (tertiary/aromatic N) is 2. The van der Waals surface area contributed by atoms with E-state index in [0.29, 0.717) is 27.3 Å². The lowest BCUT2D eigenvalue weighted by atomic mass is 10.2. The summed E-state index contributed by atoms with van der Waals surface area (Å²) in [6.45, 7) is 1.73. The molecule has 0 amide bonds. The van der Waals surface area contributed by atoms with Crippen molar-refractivity contribution in [1.82, 2.24) is 15.2 Å². The number of thioether (sulfide) groups is 1. The number of halogens is 1. The first-order valence-corrected chi connectivity index (χ1v) is 7.31. The van der Waals surface area contributed by atoms with E-state index in [4.69, 9.17) is 16.3 Å². The summed E-state index contributed by atoms with van der Waals surface area (Å²) in [5.41, 5.74) is 0.704. The second-order valence-electron chi connectivity index (χ2n) is 4.09. The smallest absolute Gasteiger partial charge is 0.318 e. The molecule has 0 aliphatic heterocycles. The standard InChI is InChI=1S/C13H14ClN3O3S/c1-7(12(18)20-3)21-13-15-11(16-17-13)9-6-8(14)4-5-10(9)19-2/h4-7H,1-3H3,(H,15,16,17)/t7-/m1/s1. The van der Waals surface area contributed by atoms with Crippen molar-refractivity contribution >= 4 is 29.3 Å². The third-order valence-corrected chi connectivity index (χ3v) is 3.87. The topological polar surface area (TPSA) is 77.1 Å². The summed E-state index contributed by atoms with van der Waals surface area (Å²) in [6.07, 6.45) is 0. The number of benzene rings is 1. The van der Waals surface area contributed by atoms with Gasteiger partial charge >= 0.3 is 5.97 Å². The first-order chi connectivity index (χ1) is 10.0. The molecule has 2 aromatic rings. The number of carbonyl (C=O) groups is 1. The fourth-order valence-electron chi connectivity index (χ4n) is 1.66. The zero-order chi connectivity index (χ0) is 15.4. The molecule has 6 nitrogen and oxygen atoms in total. The lowest BCUT2D eigenvalue weighted by Crippen LogP contribution is -2.14. The number of hydrogen-bond acceptors (Lipinski definition) is 6. The van der Waals surface area contributed by atoms with Gasteiger partial charge in [0.15, 0.2) is 5.82 Å². The summed E-state index contributed by atoms with van der Waals surface area (Å²) in [7, 11) is 2.91. The zero-order valence-corrected chi connectivity index (χ0v) is 13.3. The Labute approximate surface area is 131 Å². The lowest BCUT2D eigenvalue weighted by Gasteiger charge is -2.06. The van der Waals surface area contributed by atoms with Crippen LogP contribution < -0.4 is 4.74 Å². The van der Waals surface area contributed by atoms with Crippen molar-refractivity contribution in [2.75, 3.05) is 14.2 Å². The quantitative estimate of drug-likeness (QED) is 0.672. The molecule has 8 heteroatoms. The Morgan fingerprint density at radius 1 is 1.43 bits per heavy atom. The summed E-state index contributed by atoms with van der Waals surface area (Å²) in [4.78, 5) is 15.7.